The first-order chi connectivity index (χ1) is 9.32. The van der Waals surface area contributed by atoms with Crippen LogP contribution in [-0.4, -0.2) is 40.9 Å². The summed E-state index contributed by atoms with van der Waals surface area (Å²) in [4.78, 5) is 14.6. The van der Waals surface area contributed by atoms with Crippen LogP contribution >= 0.6 is 31.9 Å². The lowest BCUT2D eigenvalue weighted by molar-refractivity contribution is -0.116. The molecule has 0 aliphatic carbocycles. The van der Waals surface area contributed by atoms with Crippen molar-refractivity contribution in [2.75, 3.05) is 18.4 Å². The monoisotopic (exact) mass is 403 g/mol. The average molecular weight is 405 g/mol. The van der Waals surface area contributed by atoms with Crippen molar-refractivity contribution >= 4 is 37.8 Å². The molecule has 5 heteroatoms. The maximum absolute atomic E-state index is 12.7. The highest BCUT2D eigenvalue weighted by atomic mass is 79.9. The number of hydrogen-bond donors (Lipinski definition) is 0. The number of benzene rings is 1. The van der Waals surface area contributed by atoms with Crippen LogP contribution in [0.5, 0.6) is 0 Å². The first-order valence-corrected chi connectivity index (χ1v) is 8.53. The molecule has 0 saturated carbocycles. The van der Waals surface area contributed by atoms with E-state index in [1.807, 2.05) is 43.9 Å². The Morgan fingerprint density at radius 1 is 1.50 bits per heavy atom. The summed E-state index contributed by atoms with van der Waals surface area (Å²) in [7, 11) is 0. The first-order valence-electron chi connectivity index (χ1n) is 6.61. The Morgan fingerprint density at radius 3 is 2.85 bits per heavy atom. The zero-order valence-corrected chi connectivity index (χ0v) is 15.1. The third-order valence-electron chi connectivity index (χ3n) is 3.29. The van der Waals surface area contributed by atoms with Gasteiger partial charge in [0.05, 0.1) is 17.3 Å². The molecule has 1 aromatic carbocycles. The summed E-state index contributed by atoms with van der Waals surface area (Å²) in [6, 6.07) is 5.85. The normalized spacial score (nSPS) is 21.9. The molecule has 0 radical (unpaired) electrons. The molecule has 3 nitrogen and oxygen atoms in total. The van der Waals surface area contributed by atoms with Gasteiger partial charge in [0, 0.05) is 22.9 Å². The van der Waals surface area contributed by atoms with Gasteiger partial charge in [0.25, 0.3) is 5.91 Å². The van der Waals surface area contributed by atoms with Crippen molar-refractivity contribution in [1.82, 2.24) is 4.90 Å². The van der Waals surface area contributed by atoms with Gasteiger partial charge in [-0.3, -0.25) is 4.79 Å². The molecule has 0 N–H and O–H groups in total. The summed E-state index contributed by atoms with van der Waals surface area (Å²) >= 11 is 6.92. The molecule has 1 aliphatic rings. The zero-order valence-electron chi connectivity index (χ0n) is 12.0. The lowest BCUT2D eigenvalue weighted by Crippen LogP contribution is -2.55. The fraction of sp³-hybridized carbons (Fsp3) is 0.533. The van der Waals surface area contributed by atoms with E-state index < -0.39 is 0 Å². The van der Waals surface area contributed by atoms with E-state index in [-0.39, 0.29) is 17.6 Å². The van der Waals surface area contributed by atoms with Gasteiger partial charge in [-0.15, -0.1) is 0 Å². The molecule has 1 fully saturated rings. The summed E-state index contributed by atoms with van der Waals surface area (Å²) in [5.74, 6) is 0.0582. The van der Waals surface area contributed by atoms with Gasteiger partial charge in [0.2, 0.25) is 0 Å². The van der Waals surface area contributed by atoms with Crippen molar-refractivity contribution in [3.63, 3.8) is 0 Å². The second-order valence-corrected chi connectivity index (χ2v) is 7.32. The van der Waals surface area contributed by atoms with Crippen molar-refractivity contribution in [3.8, 4) is 0 Å². The fourth-order valence-corrected chi connectivity index (χ4v) is 3.26. The Kier molecular flexibility index (Phi) is 4.92. The molecule has 0 bridgehead atoms. The molecule has 0 aromatic heterocycles. The average Bonchev–Trinajstić information content (AvgIpc) is 2.38. The van der Waals surface area contributed by atoms with Gasteiger partial charge in [0.1, 0.15) is 0 Å². The highest BCUT2D eigenvalue weighted by Crippen LogP contribution is 2.26. The topological polar surface area (TPSA) is 29.5 Å². The summed E-state index contributed by atoms with van der Waals surface area (Å²) in [6.45, 7) is 7.26. The smallest absolute Gasteiger partial charge is 0.255 e. The quantitative estimate of drug-likeness (QED) is 0.702. The third-order valence-corrected chi connectivity index (χ3v) is 4.71. The van der Waals surface area contributed by atoms with Gasteiger partial charge in [-0.25, -0.2) is 0 Å². The molecular formula is C15H19Br2NO2. The van der Waals surface area contributed by atoms with E-state index in [1.54, 1.807) is 0 Å². The number of amides is 1. The number of alkyl halides is 1. The third kappa shape index (κ3) is 3.62. The van der Waals surface area contributed by atoms with Gasteiger partial charge in [-0.2, -0.15) is 0 Å². The molecule has 1 unspecified atom stereocenters. The number of hydrogen-bond acceptors (Lipinski definition) is 2. The van der Waals surface area contributed by atoms with Crippen LogP contribution in [-0.2, 0) is 4.74 Å². The van der Waals surface area contributed by atoms with Crippen molar-refractivity contribution in [2.24, 2.45) is 0 Å². The minimum absolute atomic E-state index is 0.0336. The lowest BCUT2D eigenvalue weighted by Gasteiger charge is -2.42. The van der Waals surface area contributed by atoms with Crippen molar-refractivity contribution in [1.29, 1.82) is 0 Å². The molecule has 1 saturated heterocycles. The molecule has 1 amide bonds. The van der Waals surface area contributed by atoms with Crippen molar-refractivity contribution < 1.29 is 9.53 Å². The molecule has 0 spiro atoms. The zero-order chi connectivity index (χ0) is 14.9. The molecule has 1 heterocycles. The lowest BCUT2D eigenvalue weighted by atomic mass is 10.0. The summed E-state index contributed by atoms with van der Waals surface area (Å²) in [5.41, 5.74) is 1.49. The van der Waals surface area contributed by atoms with E-state index in [9.17, 15) is 4.79 Å². The van der Waals surface area contributed by atoms with Crippen LogP contribution in [0.4, 0.5) is 0 Å². The first kappa shape index (κ1) is 16.0. The Morgan fingerprint density at radius 2 is 2.20 bits per heavy atom. The fourth-order valence-electron chi connectivity index (χ4n) is 2.50. The number of nitrogens with zero attached hydrogens (tertiary/aromatic N) is 1. The van der Waals surface area contributed by atoms with Crippen LogP contribution in [0.25, 0.3) is 0 Å². The van der Waals surface area contributed by atoms with E-state index >= 15 is 0 Å². The summed E-state index contributed by atoms with van der Waals surface area (Å²) in [5, 5.41) is 0.731. The standard InChI is InChI=1S/C15H19Br2NO2/c1-10-4-5-13(17)12(6-10)14(19)18-8-11(7-16)20-15(2,3)9-18/h4-6,11H,7-9H2,1-3H3. The van der Waals surface area contributed by atoms with Crippen molar-refractivity contribution in [2.45, 2.75) is 32.5 Å². The number of aryl methyl sites for hydroxylation is 1. The van der Waals surface area contributed by atoms with E-state index in [1.165, 1.54) is 0 Å². The molecular weight excluding hydrogens is 386 g/mol. The van der Waals surface area contributed by atoms with Gasteiger partial charge in [-0.05, 0) is 48.8 Å². The molecule has 1 atom stereocenters. The highest BCUT2D eigenvalue weighted by Gasteiger charge is 2.35. The molecule has 2 rings (SSSR count). The van der Waals surface area contributed by atoms with Crippen LogP contribution in [0.1, 0.15) is 29.8 Å². The number of morpholine rings is 1. The Hall–Kier alpha value is -0.390. The molecule has 110 valence electrons. The van der Waals surface area contributed by atoms with Crippen LogP contribution in [0.15, 0.2) is 22.7 Å². The predicted molar refractivity (Wildman–Crippen MR) is 87.5 cm³/mol. The summed E-state index contributed by atoms with van der Waals surface area (Å²) < 4.78 is 6.78. The van der Waals surface area contributed by atoms with Crippen LogP contribution in [0.2, 0.25) is 0 Å². The number of carbonyl (C=O) groups is 1. The molecule has 1 aliphatic heterocycles. The maximum Gasteiger partial charge on any atom is 0.255 e. The van der Waals surface area contributed by atoms with Gasteiger partial charge in [-0.1, -0.05) is 27.6 Å². The van der Waals surface area contributed by atoms with E-state index in [0.717, 1.165) is 20.9 Å². The largest absolute Gasteiger partial charge is 0.368 e. The Balaban J connectivity index is 2.25. The maximum atomic E-state index is 12.7. The Labute approximate surface area is 136 Å². The Bertz CT molecular complexity index is 517. The van der Waals surface area contributed by atoms with E-state index in [2.05, 4.69) is 31.9 Å². The van der Waals surface area contributed by atoms with Crippen LogP contribution < -0.4 is 0 Å². The second kappa shape index (κ2) is 6.16. The van der Waals surface area contributed by atoms with Gasteiger partial charge < -0.3 is 9.64 Å². The van der Waals surface area contributed by atoms with Crippen LogP contribution in [0, 0.1) is 6.92 Å². The second-order valence-electron chi connectivity index (χ2n) is 5.82. The minimum Gasteiger partial charge on any atom is -0.368 e. The SMILES string of the molecule is Cc1ccc(Br)c(C(=O)N2CC(CBr)OC(C)(C)C2)c1. The summed E-state index contributed by atoms with van der Waals surface area (Å²) in [6.07, 6.45) is 0.0336. The van der Waals surface area contributed by atoms with E-state index in [0.29, 0.717) is 13.1 Å². The molecule has 20 heavy (non-hydrogen) atoms. The van der Waals surface area contributed by atoms with Gasteiger partial charge >= 0.3 is 0 Å². The minimum atomic E-state index is -0.317. The molecule has 1 aromatic rings. The number of rotatable bonds is 2. The van der Waals surface area contributed by atoms with Crippen LogP contribution in [0.3, 0.4) is 0 Å². The predicted octanol–water partition coefficient (Wildman–Crippen LogP) is 3.77. The highest BCUT2D eigenvalue weighted by molar-refractivity contribution is 9.10. The van der Waals surface area contributed by atoms with Crippen molar-refractivity contribution in [3.05, 3.63) is 33.8 Å². The number of ether oxygens (including phenoxy) is 1. The van der Waals surface area contributed by atoms with Gasteiger partial charge in [0.15, 0.2) is 0 Å². The number of halogens is 2. The van der Waals surface area contributed by atoms with E-state index in [4.69, 9.17) is 4.74 Å². The number of carbonyl (C=O) groups excluding carboxylic acids is 1.